The second kappa shape index (κ2) is 22.2. The Labute approximate surface area is 337 Å². The lowest BCUT2D eigenvalue weighted by Crippen LogP contribution is -2.39. The van der Waals surface area contributed by atoms with Crippen LogP contribution in [0.1, 0.15) is 96.3 Å². The lowest BCUT2D eigenvalue weighted by molar-refractivity contribution is -0.130. The van der Waals surface area contributed by atoms with Crippen LogP contribution < -0.4 is 20.1 Å². The third kappa shape index (κ3) is 15.8. The van der Waals surface area contributed by atoms with Crippen LogP contribution in [0.5, 0.6) is 23.0 Å². The maximum absolute atomic E-state index is 12.5. The monoisotopic (exact) mass is 784 g/mol. The molecule has 2 amide bonds. The minimum absolute atomic E-state index is 0. The van der Waals surface area contributed by atoms with E-state index in [0.29, 0.717) is 37.2 Å². The molecular formula is C46H60N2O9. The fourth-order valence-electron chi connectivity index (χ4n) is 5.64. The van der Waals surface area contributed by atoms with Crippen molar-refractivity contribution in [2.45, 2.75) is 81.1 Å². The quantitative estimate of drug-likeness (QED) is 0.0589. The number of nitrogens with one attached hydrogen (secondary N) is 2. The highest BCUT2D eigenvalue weighted by Gasteiger charge is 2.28. The van der Waals surface area contributed by atoms with Crippen LogP contribution in [0.2, 0.25) is 0 Å². The number of aryl methyl sites for hydroxylation is 4. The van der Waals surface area contributed by atoms with Gasteiger partial charge in [0.1, 0.15) is 23.0 Å². The van der Waals surface area contributed by atoms with Crippen molar-refractivity contribution in [2.75, 3.05) is 26.3 Å². The number of benzene rings is 4. The molecule has 308 valence electrons. The highest BCUT2D eigenvalue weighted by atomic mass is 16.5. The maximum Gasteiger partial charge on any atom is 0.226 e. The first-order chi connectivity index (χ1) is 26.4. The van der Waals surface area contributed by atoms with E-state index in [2.05, 4.69) is 22.8 Å². The van der Waals surface area contributed by atoms with E-state index >= 15 is 0 Å². The Hall–Kier alpha value is -5.68. The van der Waals surface area contributed by atoms with Crippen molar-refractivity contribution in [1.82, 2.24) is 10.6 Å². The highest BCUT2D eigenvalue weighted by molar-refractivity contribution is 6.00. The van der Waals surface area contributed by atoms with Crippen molar-refractivity contribution in [1.29, 1.82) is 0 Å². The van der Waals surface area contributed by atoms with E-state index in [1.807, 2.05) is 79.7 Å². The fourth-order valence-corrected chi connectivity index (χ4v) is 5.64. The minimum Gasteiger partial charge on any atom is -0.508 e. The number of carbonyl (C=O) groups is 4. The molecule has 0 atom stereocenters. The Morgan fingerprint density at radius 1 is 0.544 bits per heavy atom. The lowest BCUT2D eigenvalue weighted by atomic mass is 9.87. The van der Waals surface area contributed by atoms with Crippen molar-refractivity contribution in [3.8, 4) is 23.0 Å². The molecule has 0 aliphatic rings. The zero-order valence-electron chi connectivity index (χ0n) is 34.6. The first-order valence-electron chi connectivity index (χ1n) is 19.0. The van der Waals surface area contributed by atoms with E-state index < -0.39 is 10.8 Å². The molecule has 11 heteroatoms. The number of Topliss-reactive ketones (excluding diaryl/α,β-unsaturated/α-hetero) is 2. The topological polar surface area (TPSA) is 183 Å². The Bertz CT molecular complexity index is 1790. The van der Waals surface area contributed by atoms with Crippen molar-refractivity contribution in [3.05, 3.63) is 118 Å². The first-order valence-corrected chi connectivity index (χ1v) is 19.0. The third-order valence-electron chi connectivity index (χ3n) is 9.52. The summed E-state index contributed by atoms with van der Waals surface area (Å²) in [6.45, 7) is 16.5. The van der Waals surface area contributed by atoms with Crippen molar-refractivity contribution in [2.24, 2.45) is 10.8 Å². The van der Waals surface area contributed by atoms with Gasteiger partial charge in [-0.25, -0.2) is 0 Å². The molecule has 4 rings (SSSR count). The predicted molar refractivity (Wildman–Crippen MR) is 223 cm³/mol. The van der Waals surface area contributed by atoms with Crippen molar-refractivity contribution < 1.29 is 44.3 Å². The molecule has 11 nitrogen and oxygen atoms in total. The van der Waals surface area contributed by atoms with E-state index in [9.17, 15) is 29.4 Å². The first kappa shape index (κ1) is 47.5. The SMILES string of the molecule is Cc1ccc(C)c(OCCCC(C)(C)C(=O)NCC(=O)c2ccc(O)cc2)c1.Cc1ccc(C)c(OCCCC(C)(C)C(=O)NCC(=O)c2ccc(O)cc2)c1.O. The summed E-state index contributed by atoms with van der Waals surface area (Å²) in [5, 5.41) is 24.0. The van der Waals surface area contributed by atoms with Gasteiger partial charge in [0, 0.05) is 22.0 Å². The summed E-state index contributed by atoms with van der Waals surface area (Å²) in [6.07, 6.45) is 2.77. The van der Waals surface area contributed by atoms with Gasteiger partial charge in [-0.3, -0.25) is 19.2 Å². The number of aromatic hydroxyl groups is 2. The van der Waals surface area contributed by atoms with Crippen molar-refractivity contribution in [3.63, 3.8) is 0 Å². The summed E-state index contributed by atoms with van der Waals surface area (Å²) in [7, 11) is 0. The van der Waals surface area contributed by atoms with E-state index in [1.165, 1.54) is 24.3 Å². The lowest BCUT2D eigenvalue weighted by Gasteiger charge is -2.23. The third-order valence-corrected chi connectivity index (χ3v) is 9.52. The van der Waals surface area contributed by atoms with Gasteiger partial charge < -0.3 is 35.8 Å². The number of hydrogen-bond acceptors (Lipinski definition) is 8. The van der Waals surface area contributed by atoms with Crippen LogP contribution in [-0.4, -0.2) is 65.4 Å². The van der Waals surface area contributed by atoms with Gasteiger partial charge in [-0.1, -0.05) is 52.0 Å². The Morgan fingerprint density at radius 3 is 1.21 bits per heavy atom. The number of hydrogen-bond donors (Lipinski definition) is 4. The molecule has 0 radical (unpaired) electrons. The number of ether oxygens (including phenoxy) is 2. The molecule has 4 aromatic carbocycles. The Morgan fingerprint density at radius 2 is 0.877 bits per heavy atom. The molecule has 0 aromatic heterocycles. The fraction of sp³-hybridized carbons (Fsp3) is 0.391. The van der Waals surface area contributed by atoms with Crippen LogP contribution >= 0.6 is 0 Å². The van der Waals surface area contributed by atoms with Crippen molar-refractivity contribution >= 4 is 23.4 Å². The van der Waals surface area contributed by atoms with Gasteiger partial charge in [0.15, 0.2) is 11.6 Å². The molecule has 6 N–H and O–H groups in total. The molecule has 0 unspecified atom stereocenters. The van der Waals surface area contributed by atoms with Gasteiger partial charge >= 0.3 is 0 Å². The average Bonchev–Trinajstić information content (AvgIpc) is 3.16. The smallest absolute Gasteiger partial charge is 0.226 e. The molecule has 0 spiro atoms. The average molecular weight is 785 g/mol. The molecule has 0 aliphatic heterocycles. The number of phenols is 2. The molecule has 0 aliphatic carbocycles. The van der Waals surface area contributed by atoms with E-state index in [-0.39, 0.29) is 53.4 Å². The Balaban J connectivity index is 0.000000387. The van der Waals surface area contributed by atoms with Gasteiger partial charge in [-0.2, -0.15) is 0 Å². The predicted octanol–water partition coefficient (Wildman–Crippen LogP) is 7.56. The van der Waals surface area contributed by atoms with Crippen LogP contribution in [0, 0.1) is 38.5 Å². The number of phenolic OH excluding ortho intramolecular Hbond substituents is 2. The minimum atomic E-state index is -0.597. The number of carbonyl (C=O) groups excluding carboxylic acids is 4. The van der Waals surface area contributed by atoms with E-state index in [4.69, 9.17) is 9.47 Å². The van der Waals surface area contributed by atoms with Crippen LogP contribution in [0.3, 0.4) is 0 Å². The van der Waals surface area contributed by atoms with Gasteiger partial charge in [-0.05, 0) is 136 Å². The number of amides is 2. The summed E-state index contributed by atoms with van der Waals surface area (Å²) in [4.78, 5) is 49.2. The zero-order chi connectivity index (χ0) is 41.5. The Kier molecular flexibility index (Phi) is 18.5. The molecular weight excluding hydrogens is 725 g/mol. The summed E-state index contributed by atoms with van der Waals surface area (Å²) >= 11 is 0. The normalized spacial score (nSPS) is 10.9. The second-order valence-corrected chi connectivity index (χ2v) is 15.5. The van der Waals surface area contributed by atoms with Gasteiger partial charge in [0.2, 0.25) is 11.8 Å². The molecule has 0 saturated carbocycles. The summed E-state index contributed by atoms with van der Waals surface area (Å²) in [5.41, 5.74) is 4.21. The van der Waals surface area contributed by atoms with Gasteiger partial charge in [0.05, 0.1) is 26.3 Å². The highest BCUT2D eigenvalue weighted by Crippen LogP contribution is 2.26. The van der Waals surface area contributed by atoms with Crippen LogP contribution in [0.25, 0.3) is 0 Å². The number of ketones is 2. The molecule has 0 fully saturated rings. The van der Waals surface area contributed by atoms with E-state index in [1.54, 1.807) is 24.3 Å². The molecule has 4 aromatic rings. The van der Waals surface area contributed by atoms with Crippen LogP contribution in [0.4, 0.5) is 0 Å². The summed E-state index contributed by atoms with van der Waals surface area (Å²) in [5.74, 6) is 1.25. The molecule has 0 saturated heterocycles. The van der Waals surface area contributed by atoms with Crippen LogP contribution in [-0.2, 0) is 9.59 Å². The molecule has 0 bridgehead atoms. The van der Waals surface area contributed by atoms with Gasteiger partial charge in [0.25, 0.3) is 0 Å². The van der Waals surface area contributed by atoms with Crippen LogP contribution in [0.15, 0.2) is 84.9 Å². The molecule has 57 heavy (non-hydrogen) atoms. The standard InChI is InChI=1S/2C23H29NO4.H2O/c2*1-16-6-7-17(2)21(14-16)28-13-5-12-23(3,4)22(27)24-15-20(26)18-8-10-19(25)11-9-18;/h2*6-11,14,25H,5,12-13,15H2,1-4H3,(H,24,27);1H2. The summed E-state index contributed by atoms with van der Waals surface area (Å²) < 4.78 is 11.7. The number of rotatable bonds is 18. The second-order valence-electron chi connectivity index (χ2n) is 15.5. The molecule has 0 heterocycles. The largest absolute Gasteiger partial charge is 0.508 e. The zero-order valence-corrected chi connectivity index (χ0v) is 34.6. The summed E-state index contributed by atoms with van der Waals surface area (Å²) in [6, 6.07) is 24.2. The van der Waals surface area contributed by atoms with Gasteiger partial charge in [-0.15, -0.1) is 0 Å². The van der Waals surface area contributed by atoms with E-state index in [0.717, 1.165) is 46.6 Å². The maximum atomic E-state index is 12.5.